The molecule has 0 saturated heterocycles. The number of hydrogen-bond donors (Lipinski definition) is 2. The molecule has 23 heavy (non-hydrogen) atoms. The lowest BCUT2D eigenvalue weighted by molar-refractivity contribution is -0.131. The average Bonchev–Trinajstić information content (AvgIpc) is 3.38. The summed E-state index contributed by atoms with van der Waals surface area (Å²) >= 11 is 0. The summed E-state index contributed by atoms with van der Waals surface area (Å²) in [6.07, 6.45) is 1.01. The molecule has 1 saturated carbocycles. The molecule has 5 nitrogen and oxygen atoms in total. The Bertz CT molecular complexity index is 789. The number of rotatable bonds is 4. The highest BCUT2D eigenvalue weighted by Gasteiger charge is 2.56. The van der Waals surface area contributed by atoms with Crippen LogP contribution in [0.1, 0.15) is 18.4 Å². The zero-order valence-corrected chi connectivity index (χ0v) is 12.4. The van der Waals surface area contributed by atoms with E-state index in [4.69, 9.17) is 5.26 Å². The number of carbonyl (C=O) groups is 2. The Morgan fingerprint density at radius 3 is 2.17 bits per heavy atom. The number of nitrogens with zero attached hydrogens (tertiary/aromatic N) is 1. The summed E-state index contributed by atoms with van der Waals surface area (Å²) in [6.45, 7) is 0. The Hall–Kier alpha value is -3.13. The van der Waals surface area contributed by atoms with Crippen molar-refractivity contribution in [1.82, 2.24) is 0 Å². The Kier molecular flexibility index (Phi) is 3.82. The van der Waals surface area contributed by atoms with E-state index in [1.807, 2.05) is 24.3 Å². The molecule has 1 fully saturated rings. The van der Waals surface area contributed by atoms with Crippen LogP contribution in [0.5, 0.6) is 0 Å². The van der Waals surface area contributed by atoms with Crippen LogP contribution >= 0.6 is 0 Å². The van der Waals surface area contributed by atoms with Crippen molar-refractivity contribution in [2.24, 2.45) is 5.41 Å². The quantitative estimate of drug-likeness (QED) is 0.852. The van der Waals surface area contributed by atoms with Crippen molar-refractivity contribution in [3.05, 3.63) is 60.2 Å². The Morgan fingerprint density at radius 1 is 0.913 bits per heavy atom. The number of carbonyl (C=O) groups excluding carboxylic acids is 2. The maximum Gasteiger partial charge on any atom is 0.240 e. The fourth-order valence-electron chi connectivity index (χ4n) is 2.39. The highest BCUT2D eigenvalue weighted by Crippen LogP contribution is 2.47. The minimum atomic E-state index is -1.04. The molecule has 1 aliphatic rings. The number of hydrogen-bond acceptors (Lipinski definition) is 3. The molecule has 0 aromatic heterocycles. The number of amides is 2. The lowest BCUT2D eigenvalue weighted by Crippen LogP contribution is -2.35. The summed E-state index contributed by atoms with van der Waals surface area (Å²) in [5.41, 5.74) is 0.422. The molecule has 0 heterocycles. The normalized spacial score (nSPS) is 14.4. The highest BCUT2D eigenvalue weighted by molar-refractivity contribution is 6.17. The monoisotopic (exact) mass is 305 g/mol. The molecule has 2 N–H and O–H groups in total. The number of nitrogens with one attached hydrogen (secondary N) is 2. The van der Waals surface area contributed by atoms with E-state index in [1.54, 1.807) is 36.4 Å². The van der Waals surface area contributed by atoms with Crippen LogP contribution < -0.4 is 10.6 Å². The first-order chi connectivity index (χ1) is 11.2. The molecule has 3 rings (SSSR count). The summed E-state index contributed by atoms with van der Waals surface area (Å²) in [5, 5.41) is 14.6. The van der Waals surface area contributed by atoms with Crippen LogP contribution in [0, 0.1) is 16.7 Å². The third-order valence-electron chi connectivity index (χ3n) is 3.95. The highest BCUT2D eigenvalue weighted by atomic mass is 16.2. The molecule has 2 aromatic rings. The Labute approximate surface area is 133 Å². The van der Waals surface area contributed by atoms with Crippen LogP contribution in [0.2, 0.25) is 0 Å². The van der Waals surface area contributed by atoms with Crippen LogP contribution in [0.4, 0.5) is 11.4 Å². The second-order valence-corrected chi connectivity index (χ2v) is 5.51. The van der Waals surface area contributed by atoms with Crippen molar-refractivity contribution >= 4 is 23.2 Å². The molecule has 114 valence electrons. The van der Waals surface area contributed by atoms with Gasteiger partial charge < -0.3 is 10.6 Å². The smallest absolute Gasteiger partial charge is 0.240 e. The van der Waals surface area contributed by atoms with Gasteiger partial charge in [0.1, 0.15) is 11.5 Å². The largest absolute Gasteiger partial charge is 0.325 e. The van der Waals surface area contributed by atoms with E-state index < -0.39 is 5.41 Å². The van der Waals surface area contributed by atoms with Crippen molar-refractivity contribution in [2.75, 3.05) is 10.6 Å². The van der Waals surface area contributed by atoms with E-state index in [0.717, 1.165) is 0 Å². The summed E-state index contributed by atoms with van der Waals surface area (Å²) in [5.74, 6) is -0.677. The first kappa shape index (κ1) is 14.8. The van der Waals surface area contributed by atoms with Crippen LogP contribution in [0.3, 0.4) is 0 Å². The molecule has 5 heteroatoms. The number of benzene rings is 2. The molecule has 0 unspecified atom stereocenters. The van der Waals surface area contributed by atoms with Gasteiger partial charge in [0, 0.05) is 5.69 Å². The summed E-state index contributed by atoms with van der Waals surface area (Å²) < 4.78 is 0. The number of para-hydroxylation sites is 2. The molecule has 1 aliphatic carbocycles. The zero-order valence-electron chi connectivity index (χ0n) is 12.4. The van der Waals surface area contributed by atoms with Gasteiger partial charge in [-0.1, -0.05) is 30.3 Å². The minimum Gasteiger partial charge on any atom is -0.325 e. The lowest BCUT2D eigenvalue weighted by atomic mass is 10.0. The first-order valence-electron chi connectivity index (χ1n) is 7.33. The zero-order chi connectivity index (χ0) is 16.3. The Morgan fingerprint density at radius 2 is 1.52 bits per heavy atom. The van der Waals surface area contributed by atoms with Crippen molar-refractivity contribution < 1.29 is 9.59 Å². The second-order valence-electron chi connectivity index (χ2n) is 5.51. The van der Waals surface area contributed by atoms with Gasteiger partial charge >= 0.3 is 0 Å². The van der Waals surface area contributed by atoms with Gasteiger partial charge in [-0.15, -0.1) is 0 Å². The van der Waals surface area contributed by atoms with E-state index in [0.29, 0.717) is 29.8 Å². The fraction of sp³-hybridized carbons (Fsp3) is 0.167. The predicted octanol–water partition coefficient (Wildman–Crippen LogP) is 2.92. The Balaban J connectivity index is 1.74. The molecule has 0 radical (unpaired) electrons. The van der Waals surface area contributed by atoms with Crippen molar-refractivity contribution in [1.29, 1.82) is 5.26 Å². The van der Waals surface area contributed by atoms with Gasteiger partial charge in [0.25, 0.3) is 0 Å². The maximum atomic E-state index is 12.5. The van der Waals surface area contributed by atoms with Gasteiger partial charge in [-0.05, 0) is 37.1 Å². The summed E-state index contributed by atoms with van der Waals surface area (Å²) in [4.78, 5) is 25.0. The van der Waals surface area contributed by atoms with E-state index in [1.165, 1.54) is 0 Å². The average molecular weight is 305 g/mol. The molecule has 2 aromatic carbocycles. The van der Waals surface area contributed by atoms with Gasteiger partial charge in [-0.25, -0.2) is 0 Å². The van der Waals surface area contributed by atoms with E-state index in [2.05, 4.69) is 10.6 Å². The topological polar surface area (TPSA) is 82.0 Å². The standard InChI is InChI=1S/C18H15N3O2/c19-12-13-6-4-5-9-15(13)21-17(23)18(10-11-18)16(22)20-14-7-2-1-3-8-14/h1-9H,10-11H2,(H,20,22)(H,21,23). The van der Waals surface area contributed by atoms with E-state index in [-0.39, 0.29) is 11.8 Å². The van der Waals surface area contributed by atoms with Gasteiger partial charge in [-0.3, -0.25) is 9.59 Å². The van der Waals surface area contributed by atoms with E-state index >= 15 is 0 Å². The molecule has 2 amide bonds. The van der Waals surface area contributed by atoms with Crippen LogP contribution in [-0.4, -0.2) is 11.8 Å². The van der Waals surface area contributed by atoms with Gasteiger partial charge in [-0.2, -0.15) is 5.26 Å². The molecule has 0 spiro atoms. The summed E-state index contributed by atoms with van der Waals surface area (Å²) in [7, 11) is 0. The van der Waals surface area contributed by atoms with Gasteiger partial charge in [0.15, 0.2) is 0 Å². The molecular weight excluding hydrogens is 290 g/mol. The van der Waals surface area contributed by atoms with Gasteiger partial charge in [0.2, 0.25) is 11.8 Å². The third kappa shape index (κ3) is 2.92. The van der Waals surface area contributed by atoms with Crippen molar-refractivity contribution in [3.63, 3.8) is 0 Å². The number of nitriles is 1. The minimum absolute atomic E-state index is 0.310. The van der Waals surface area contributed by atoms with E-state index in [9.17, 15) is 9.59 Å². The predicted molar refractivity (Wildman–Crippen MR) is 86.5 cm³/mol. The molecule has 0 bridgehead atoms. The van der Waals surface area contributed by atoms with Crippen LogP contribution in [-0.2, 0) is 9.59 Å². The SMILES string of the molecule is N#Cc1ccccc1NC(=O)C1(C(=O)Nc2ccccc2)CC1. The fourth-order valence-corrected chi connectivity index (χ4v) is 2.39. The first-order valence-corrected chi connectivity index (χ1v) is 7.33. The van der Waals surface area contributed by atoms with Crippen molar-refractivity contribution in [2.45, 2.75) is 12.8 Å². The second kappa shape index (κ2) is 5.93. The molecule has 0 atom stereocenters. The number of anilines is 2. The molecule has 0 aliphatic heterocycles. The maximum absolute atomic E-state index is 12.5. The summed E-state index contributed by atoms with van der Waals surface area (Å²) in [6, 6.07) is 17.8. The van der Waals surface area contributed by atoms with Crippen molar-refractivity contribution in [3.8, 4) is 6.07 Å². The van der Waals surface area contributed by atoms with Gasteiger partial charge in [0.05, 0.1) is 11.3 Å². The van der Waals surface area contributed by atoms with Crippen LogP contribution in [0.25, 0.3) is 0 Å². The third-order valence-corrected chi connectivity index (χ3v) is 3.95. The lowest BCUT2D eigenvalue weighted by Gasteiger charge is -2.16. The van der Waals surface area contributed by atoms with Crippen LogP contribution in [0.15, 0.2) is 54.6 Å². The molecular formula is C18H15N3O2.